The van der Waals surface area contributed by atoms with Crippen molar-refractivity contribution in [3.8, 4) is 84.2 Å². The molecule has 0 amide bonds. The highest BCUT2D eigenvalue weighted by Gasteiger charge is 2.31. The zero-order valence-corrected chi connectivity index (χ0v) is 48.0. The maximum atomic E-state index is 14.7. The molecule has 0 aliphatic carbocycles. The summed E-state index contributed by atoms with van der Waals surface area (Å²) in [7, 11) is 0. The van der Waals surface area contributed by atoms with Crippen molar-refractivity contribution in [3.63, 3.8) is 0 Å². The molecule has 0 fully saturated rings. The van der Waals surface area contributed by atoms with Gasteiger partial charge in [-0.15, -0.1) is 0 Å². The number of hydrogen-bond acceptors (Lipinski definition) is 1. The van der Waals surface area contributed by atoms with E-state index in [-0.39, 0.29) is 0 Å². The second-order valence-corrected chi connectivity index (χ2v) is 23.0. The van der Waals surface area contributed by atoms with Gasteiger partial charge in [0.05, 0.1) is 50.6 Å². The van der Waals surface area contributed by atoms with E-state index in [2.05, 4.69) is 222 Å². The topological polar surface area (TPSA) is 33.6 Å². The summed E-state index contributed by atoms with van der Waals surface area (Å²) in [5.41, 5.74) is 26.8. The largest absolute Gasteiger partial charge is 0.416 e. The number of nitrogens with zero attached hydrogens (tertiary/aromatic N) is 3. The molecule has 2 heterocycles. The van der Waals surface area contributed by atoms with Gasteiger partial charge >= 0.3 is 6.18 Å². The molecule has 2 aromatic heterocycles. The summed E-state index contributed by atoms with van der Waals surface area (Å²) in [6.07, 6.45) is -4.56. The number of rotatable bonds is 8. The molecule has 83 heavy (non-hydrogen) atoms. The summed E-state index contributed by atoms with van der Waals surface area (Å²) in [5.74, 6) is 0. The van der Waals surface area contributed by atoms with Gasteiger partial charge in [0, 0.05) is 32.7 Å². The number of halogens is 3. The van der Waals surface area contributed by atoms with Crippen LogP contribution < -0.4 is 0 Å². The first kappa shape index (κ1) is 52.7. The Kier molecular flexibility index (Phi) is 12.7. The summed E-state index contributed by atoms with van der Waals surface area (Å²) in [6, 6.07) is 71.7. The van der Waals surface area contributed by atoms with E-state index < -0.39 is 11.7 Å². The molecule has 0 radical (unpaired) electrons. The number of fused-ring (bicyclic) bond motifs is 6. The van der Waals surface area contributed by atoms with Crippen molar-refractivity contribution < 1.29 is 13.2 Å². The first-order valence-corrected chi connectivity index (χ1v) is 28.2. The lowest BCUT2D eigenvalue weighted by atomic mass is 9.93. The molecule has 6 heteroatoms. The monoisotopic (exact) mass is 1080 g/mol. The van der Waals surface area contributed by atoms with Crippen LogP contribution in [-0.2, 0) is 6.18 Å². The molecule has 0 saturated heterocycles. The maximum absolute atomic E-state index is 14.7. The van der Waals surface area contributed by atoms with Gasteiger partial charge < -0.3 is 9.13 Å². The van der Waals surface area contributed by atoms with E-state index in [1.165, 1.54) is 56.6 Å². The number of aromatic nitrogens is 2. The molecule has 13 rings (SSSR count). The quantitative estimate of drug-likeness (QED) is 0.149. The molecule has 0 bridgehead atoms. The second-order valence-electron chi connectivity index (χ2n) is 23.0. The zero-order chi connectivity index (χ0) is 57.7. The molecule has 3 nitrogen and oxygen atoms in total. The van der Waals surface area contributed by atoms with Crippen LogP contribution in [0.4, 0.5) is 13.2 Å². The number of nitriles is 1. The van der Waals surface area contributed by atoms with E-state index in [0.29, 0.717) is 22.3 Å². The average molecular weight is 1080 g/mol. The third-order valence-corrected chi connectivity index (χ3v) is 16.9. The van der Waals surface area contributed by atoms with Gasteiger partial charge in [0.25, 0.3) is 0 Å². The van der Waals surface area contributed by atoms with Gasteiger partial charge in [0.15, 0.2) is 0 Å². The summed E-state index contributed by atoms with van der Waals surface area (Å²) in [6.45, 7) is 18.8. The van der Waals surface area contributed by atoms with Crippen molar-refractivity contribution in [1.29, 1.82) is 5.26 Å². The minimum atomic E-state index is -4.56. The van der Waals surface area contributed by atoms with E-state index >= 15 is 0 Å². The fourth-order valence-corrected chi connectivity index (χ4v) is 13.0. The van der Waals surface area contributed by atoms with Crippen LogP contribution in [0.1, 0.15) is 61.2 Å². The molecule has 0 aliphatic rings. The third-order valence-electron chi connectivity index (χ3n) is 16.9. The summed E-state index contributed by atoms with van der Waals surface area (Å²) in [5, 5.41) is 15.1. The van der Waals surface area contributed by atoms with Gasteiger partial charge in [-0.25, -0.2) is 0 Å². The van der Waals surface area contributed by atoms with Crippen LogP contribution in [0.5, 0.6) is 0 Å². The fraction of sp³-hybridized carbons (Fsp3) is 0.130. The lowest BCUT2D eigenvalue weighted by Gasteiger charge is -2.21. The Morgan fingerprint density at radius 1 is 0.301 bits per heavy atom. The number of alkyl halides is 3. The molecule has 0 atom stereocenters. The Labute approximate surface area is 482 Å². The van der Waals surface area contributed by atoms with Crippen LogP contribution in [0.2, 0.25) is 0 Å². The summed E-state index contributed by atoms with van der Waals surface area (Å²) >= 11 is 0. The Morgan fingerprint density at radius 2 is 0.651 bits per heavy atom. The van der Waals surface area contributed by atoms with Gasteiger partial charge in [-0.2, -0.15) is 18.4 Å². The highest BCUT2D eigenvalue weighted by Crippen LogP contribution is 2.46. The van der Waals surface area contributed by atoms with Gasteiger partial charge in [-0.05, 0) is 237 Å². The van der Waals surface area contributed by atoms with E-state index in [9.17, 15) is 18.4 Å². The number of benzene rings is 11. The van der Waals surface area contributed by atoms with Crippen LogP contribution in [0.15, 0.2) is 200 Å². The Morgan fingerprint density at radius 3 is 1.00 bits per heavy atom. The highest BCUT2D eigenvalue weighted by atomic mass is 19.4. The Balaban J connectivity index is 1.13. The normalized spacial score (nSPS) is 11.8. The van der Waals surface area contributed by atoms with Crippen molar-refractivity contribution in [2.45, 2.75) is 68.5 Å². The van der Waals surface area contributed by atoms with E-state index in [1.54, 1.807) is 6.92 Å². The highest BCUT2D eigenvalue weighted by molar-refractivity contribution is 6.14. The molecule has 404 valence electrons. The number of hydrogen-bond donors (Lipinski definition) is 0. The lowest BCUT2D eigenvalue weighted by molar-refractivity contribution is -0.137. The van der Waals surface area contributed by atoms with Crippen LogP contribution in [0.25, 0.3) is 122 Å². The fourth-order valence-electron chi connectivity index (χ4n) is 13.0. The SMILES string of the molecule is Cc1cc(-c2ccc(-n3c4ccc(-c5ccc(C)cc5C)cc4c4cc(-c5ccc(C)cc5C)ccc43)c(-c3cc(C#N)ccc3-n3c4ccc(-c5ccc(C)cc5C)cc4c4cc(-c5ccc(C)cc5C)ccc43)c2)cc(C(F)(F)F)c1. The van der Waals surface area contributed by atoms with Crippen LogP contribution in [-0.4, -0.2) is 9.13 Å². The van der Waals surface area contributed by atoms with Crippen LogP contribution in [0.3, 0.4) is 0 Å². The molecule has 0 unspecified atom stereocenters. The molecule has 13 aromatic rings. The molecule has 0 N–H and O–H groups in total. The molecule has 0 spiro atoms. The molecule has 0 aliphatic heterocycles. The maximum Gasteiger partial charge on any atom is 0.416 e. The smallest absolute Gasteiger partial charge is 0.309 e. The van der Waals surface area contributed by atoms with E-state index in [4.69, 9.17) is 0 Å². The second kappa shape index (κ2) is 20.1. The third kappa shape index (κ3) is 9.27. The predicted octanol–water partition coefficient (Wildman–Crippen LogP) is 21.5. The molecular weight excluding hydrogens is 1020 g/mol. The summed E-state index contributed by atoms with van der Waals surface area (Å²) in [4.78, 5) is 0. The van der Waals surface area contributed by atoms with E-state index in [1.807, 2.05) is 36.4 Å². The average Bonchev–Trinajstić information content (AvgIpc) is 1.82. The van der Waals surface area contributed by atoms with Gasteiger partial charge in [-0.3, -0.25) is 0 Å². The van der Waals surface area contributed by atoms with E-state index in [0.717, 1.165) is 111 Å². The Bertz CT molecular complexity index is 4680. The Hall–Kier alpha value is -9.70. The summed E-state index contributed by atoms with van der Waals surface area (Å²) < 4.78 is 48.8. The van der Waals surface area contributed by atoms with Crippen molar-refractivity contribution >= 4 is 43.6 Å². The first-order chi connectivity index (χ1) is 39.9. The van der Waals surface area contributed by atoms with Crippen LogP contribution >= 0.6 is 0 Å². The van der Waals surface area contributed by atoms with Gasteiger partial charge in [0.2, 0.25) is 0 Å². The molecular formula is C77H60F3N3. The van der Waals surface area contributed by atoms with Crippen molar-refractivity contribution in [2.24, 2.45) is 0 Å². The first-order valence-electron chi connectivity index (χ1n) is 28.2. The van der Waals surface area contributed by atoms with Crippen molar-refractivity contribution in [2.75, 3.05) is 0 Å². The van der Waals surface area contributed by atoms with Crippen molar-refractivity contribution in [3.05, 3.63) is 261 Å². The molecule has 0 saturated carbocycles. The standard InChI is InChI=1S/C77H60F3N3/c1-44-10-20-61(49(6)30-44)55-16-26-73-67(39-55)68-40-56(62-21-11-45(2)31-50(62)7)17-27-74(68)82(73)71-24-14-53(43-81)36-65(71)66-38-54(59-34-48(5)35-60(37-59)77(78,79)80)15-25-72(66)83-75-28-18-57(63-22-12-46(3)32-51(63)8)41-69(75)70-42-58(19-29-76(70)83)64-23-13-47(4)33-52(64)9/h10-42H,1-9H3. The minimum absolute atomic E-state index is 0.441. The van der Waals surface area contributed by atoms with Crippen molar-refractivity contribution in [1.82, 2.24) is 9.13 Å². The van der Waals surface area contributed by atoms with Gasteiger partial charge in [-0.1, -0.05) is 131 Å². The van der Waals surface area contributed by atoms with Gasteiger partial charge in [0.1, 0.15) is 0 Å². The zero-order valence-electron chi connectivity index (χ0n) is 48.0. The lowest BCUT2D eigenvalue weighted by Crippen LogP contribution is -2.05. The minimum Gasteiger partial charge on any atom is -0.309 e. The number of aryl methyl sites for hydroxylation is 9. The van der Waals surface area contributed by atoms with Crippen LogP contribution in [0, 0.1) is 73.6 Å². The molecule has 11 aromatic carbocycles. The predicted molar refractivity (Wildman–Crippen MR) is 340 cm³/mol.